The highest BCUT2D eigenvalue weighted by Crippen LogP contribution is 2.38. The Morgan fingerprint density at radius 1 is 1.00 bits per heavy atom. The first-order valence-electron chi connectivity index (χ1n) is 7.90. The van der Waals surface area contributed by atoms with Crippen LogP contribution in [0.5, 0.6) is 0 Å². The molecule has 108 valence electrons. The minimum absolute atomic E-state index is 0.141. The highest BCUT2D eigenvalue weighted by atomic mass is 16.5. The lowest BCUT2D eigenvalue weighted by atomic mass is 9.85. The van der Waals surface area contributed by atoms with E-state index in [1.807, 2.05) is 18.2 Å². The van der Waals surface area contributed by atoms with Crippen molar-refractivity contribution >= 4 is 16.6 Å². The molecule has 2 aromatic carbocycles. The number of benzene rings is 2. The van der Waals surface area contributed by atoms with Gasteiger partial charge in [-0.1, -0.05) is 36.4 Å². The number of ether oxygens (including phenoxy) is 1. The summed E-state index contributed by atoms with van der Waals surface area (Å²) in [6.07, 6.45) is 4.69. The van der Waals surface area contributed by atoms with Crippen molar-refractivity contribution in [2.75, 3.05) is 0 Å². The molecular formula is C19H20O2. The Balaban J connectivity index is 1.73. The van der Waals surface area contributed by atoms with E-state index in [1.54, 1.807) is 0 Å². The molecule has 2 heteroatoms. The highest BCUT2D eigenvalue weighted by molar-refractivity contribution is 6.09. The van der Waals surface area contributed by atoms with Crippen LogP contribution < -0.4 is 0 Å². The first kappa shape index (κ1) is 13.0. The first-order valence-corrected chi connectivity index (χ1v) is 7.90. The van der Waals surface area contributed by atoms with E-state index >= 15 is 0 Å². The summed E-state index contributed by atoms with van der Waals surface area (Å²) < 4.78 is 5.87. The number of aryl methyl sites for hydroxylation is 1. The standard InChI is InChI=1S/C19H20O2/c1-12-6-9-18(17-5-3-2-4-16(12)17)19(20)13-10-14-7-8-15(11-13)21-14/h2-6,9,13-15H,7-8,10-11H2,1H3. The van der Waals surface area contributed by atoms with Crippen molar-refractivity contribution in [2.45, 2.75) is 44.8 Å². The van der Waals surface area contributed by atoms with Crippen molar-refractivity contribution in [2.24, 2.45) is 5.92 Å². The fourth-order valence-corrected chi connectivity index (χ4v) is 3.96. The molecule has 2 nitrogen and oxygen atoms in total. The van der Waals surface area contributed by atoms with Crippen LogP contribution >= 0.6 is 0 Å². The third-order valence-electron chi connectivity index (χ3n) is 5.07. The molecule has 0 radical (unpaired) electrons. The number of ketones is 1. The number of hydrogen-bond acceptors (Lipinski definition) is 2. The molecule has 0 saturated carbocycles. The fraction of sp³-hybridized carbons (Fsp3) is 0.421. The van der Waals surface area contributed by atoms with Crippen molar-refractivity contribution < 1.29 is 9.53 Å². The van der Waals surface area contributed by atoms with E-state index in [1.165, 1.54) is 10.9 Å². The van der Waals surface area contributed by atoms with Crippen molar-refractivity contribution in [1.82, 2.24) is 0 Å². The molecule has 2 bridgehead atoms. The zero-order valence-corrected chi connectivity index (χ0v) is 12.3. The lowest BCUT2D eigenvalue weighted by Gasteiger charge is -2.27. The second-order valence-electron chi connectivity index (χ2n) is 6.47. The maximum absolute atomic E-state index is 13.0. The average Bonchev–Trinajstić information content (AvgIpc) is 2.85. The van der Waals surface area contributed by atoms with E-state index in [4.69, 9.17) is 4.74 Å². The van der Waals surface area contributed by atoms with Crippen LogP contribution in [0.1, 0.15) is 41.6 Å². The monoisotopic (exact) mass is 280 g/mol. The zero-order chi connectivity index (χ0) is 14.4. The van der Waals surface area contributed by atoms with E-state index in [0.717, 1.165) is 36.6 Å². The maximum Gasteiger partial charge on any atom is 0.166 e. The van der Waals surface area contributed by atoms with Crippen molar-refractivity contribution in [3.05, 3.63) is 47.5 Å². The van der Waals surface area contributed by atoms with Crippen LogP contribution in [0.2, 0.25) is 0 Å². The van der Waals surface area contributed by atoms with E-state index in [-0.39, 0.29) is 5.92 Å². The zero-order valence-electron chi connectivity index (χ0n) is 12.3. The molecule has 0 spiro atoms. The third kappa shape index (κ3) is 2.18. The molecule has 0 amide bonds. The van der Waals surface area contributed by atoms with E-state index in [9.17, 15) is 4.79 Å². The molecule has 2 saturated heterocycles. The van der Waals surface area contributed by atoms with Crippen LogP contribution in [-0.2, 0) is 4.74 Å². The lowest BCUT2D eigenvalue weighted by Crippen LogP contribution is -2.30. The highest BCUT2D eigenvalue weighted by Gasteiger charge is 2.38. The van der Waals surface area contributed by atoms with Gasteiger partial charge in [-0.2, -0.15) is 0 Å². The molecule has 0 aromatic heterocycles. The summed E-state index contributed by atoms with van der Waals surface area (Å²) >= 11 is 0. The van der Waals surface area contributed by atoms with Gasteiger partial charge in [-0.15, -0.1) is 0 Å². The Morgan fingerprint density at radius 3 is 2.38 bits per heavy atom. The Bertz CT molecular complexity index is 692. The van der Waals surface area contributed by atoms with E-state index in [0.29, 0.717) is 18.0 Å². The lowest BCUT2D eigenvalue weighted by molar-refractivity contribution is -0.0148. The van der Waals surface area contributed by atoms with Crippen LogP contribution in [0.25, 0.3) is 10.8 Å². The number of rotatable bonds is 2. The van der Waals surface area contributed by atoms with Crippen LogP contribution in [0, 0.1) is 12.8 Å². The smallest absolute Gasteiger partial charge is 0.166 e. The van der Waals surface area contributed by atoms with Gasteiger partial charge in [-0.05, 0) is 48.9 Å². The summed E-state index contributed by atoms with van der Waals surface area (Å²) in [5.41, 5.74) is 2.12. The van der Waals surface area contributed by atoms with Gasteiger partial charge in [-0.3, -0.25) is 4.79 Å². The molecular weight excluding hydrogens is 260 g/mol. The van der Waals surface area contributed by atoms with Gasteiger partial charge in [0.25, 0.3) is 0 Å². The maximum atomic E-state index is 13.0. The number of Topliss-reactive ketones (excluding diaryl/α,β-unsaturated/α-hetero) is 1. The second-order valence-corrected chi connectivity index (χ2v) is 6.47. The molecule has 21 heavy (non-hydrogen) atoms. The summed E-state index contributed by atoms with van der Waals surface area (Å²) in [5.74, 6) is 0.453. The minimum Gasteiger partial charge on any atom is -0.375 e. The Kier molecular flexibility index (Phi) is 3.07. The molecule has 0 N–H and O–H groups in total. The molecule has 2 aliphatic rings. The number of hydrogen-bond donors (Lipinski definition) is 0. The normalized spacial score (nSPS) is 28.0. The first-order chi connectivity index (χ1) is 10.2. The summed E-state index contributed by atoms with van der Waals surface area (Å²) in [6, 6.07) is 12.3. The van der Waals surface area contributed by atoms with Crippen molar-refractivity contribution in [1.29, 1.82) is 0 Å². The van der Waals surface area contributed by atoms with Gasteiger partial charge in [0.15, 0.2) is 5.78 Å². The van der Waals surface area contributed by atoms with Crippen LogP contribution in [-0.4, -0.2) is 18.0 Å². The Morgan fingerprint density at radius 2 is 1.67 bits per heavy atom. The van der Waals surface area contributed by atoms with Crippen LogP contribution in [0.4, 0.5) is 0 Å². The molecule has 2 heterocycles. The van der Waals surface area contributed by atoms with Gasteiger partial charge in [0.05, 0.1) is 12.2 Å². The predicted molar refractivity (Wildman–Crippen MR) is 83.6 cm³/mol. The van der Waals surface area contributed by atoms with Crippen LogP contribution in [0.3, 0.4) is 0 Å². The quantitative estimate of drug-likeness (QED) is 0.767. The average molecular weight is 280 g/mol. The molecule has 2 atom stereocenters. The van der Waals surface area contributed by atoms with Gasteiger partial charge in [0.2, 0.25) is 0 Å². The molecule has 2 aliphatic heterocycles. The molecule has 2 unspecified atom stereocenters. The summed E-state index contributed by atoms with van der Waals surface area (Å²) in [7, 11) is 0. The van der Waals surface area contributed by atoms with Gasteiger partial charge >= 0.3 is 0 Å². The molecule has 0 aliphatic carbocycles. The van der Waals surface area contributed by atoms with Gasteiger partial charge in [0.1, 0.15) is 0 Å². The SMILES string of the molecule is Cc1ccc(C(=O)C2CC3CCC(C2)O3)c2ccccc12. The summed E-state index contributed by atoms with van der Waals surface area (Å²) in [5, 5.41) is 2.29. The summed E-state index contributed by atoms with van der Waals surface area (Å²) in [4.78, 5) is 13.0. The molecule has 4 rings (SSSR count). The Labute approximate surface area is 125 Å². The van der Waals surface area contributed by atoms with Gasteiger partial charge in [-0.25, -0.2) is 0 Å². The number of fused-ring (bicyclic) bond motifs is 3. The summed E-state index contributed by atoms with van der Waals surface area (Å²) in [6.45, 7) is 2.10. The number of carbonyl (C=O) groups excluding carboxylic acids is 1. The predicted octanol–water partition coefficient (Wildman–Crippen LogP) is 4.29. The second kappa shape index (κ2) is 4.96. The van der Waals surface area contributed by atoms with Crippen molar-refractivity contribution in [3.63, 3.8) is 0 Å². The molecule has 2 fully saturated rings. The number of carbonyl (C=O) groups is 1. The van der Waals surface area contributed by atoms with Crippen LogP contribution in [0.15, 0.2) is 36.4 Å². The largest absolute Gasteiger partial charge is 0.375 e. The van der Waals surface area contributed by atoms with Crippen molar-refractivity contribution in [3.8, 4) is 0 Å². The van der Waals surface area contributed by atoms with E-state index < -0.39 is 0 Å². The molecule has 2 aromatic rings. The minimum atomic E-state index is 0.141. The third-order valence-corrected chi connectivity index (χ3v) is 5.07. The van der Waals surface area contributed by atoms with E-state index in [2.05, 4.69) is 25.1 Å². The van der Waals surface area contributed by atoms with Gasteiger partial charge < -0.3 is 4.74 Å². The Hall–Kier alpha value is -1.67. The fourth-order valence-electron chi connectivity index (χ4n) is 3.96. The van der Waals surface area contributed by atoms with Gasteiger partial charge in [0, 0.05) is 11.5 Å². The topological polar surface area (TPSA) is 26.3 Å².